The van der Waals surface area contributed by atoms with Crippen LogP contribution in [0.4, 0.5) is 8.78 Å². The van der Waals surface area contributed by atoms with Gasteiger partial charge in [0.25, 0.3) is 0 Å². The van der Waals surface area contributed by atoms with E-state index < -0.39 is 12.6 Å². The minimum absolute atomic E-state index is 0.0510. The summed E-state index contributed by atoms with van der Waals surface area (Å²) in [5, 5.41) is 1.89. The van der Waals surface area contributed by atoms with Gasteiger partial charge in [-0.2, -0.15) is 8.78 Å². The number of nitrogens with zero attached hydrogens (tertiary/aromatic N) is 1. The molecule has 8 heteroatoms. The summed E-state index contributed by atoms with van der Waals surface area (Å²) in [4.78, 5) is 25.3. The molecule has 2 aromatic heterocycles. The van der Waals surface area contributed by atoms with Gasteiger partial charge in [-0.3, -0.25) is 4.79 Å². The molecule has 0 bridgehead atoms. The van der Waals surface area contributed by atoms with Gasteiger partial charge in [0.05, 0.1) is 0 Å². The van der Waals surface area contributed by atoms with Crippen LogP contribution in [-0.4, -0.2) is 29.5 Å². The van der Waals surface area contributed by atoms with Gasteiger partial charge in [0, 0.05) is 33.6 Å². The van der Waals surface area contributed by atoms with Crippen LogP contribution >= 0.6 is 11.3 Å². The molecule has 0 aliphatic rings. The number of ketones is 1. The summed E-state index contributed by atoms with van der Waals surface area (Å²) in [6.07, 6.45) is 2.91. The number of ether oxygens (including phenoxy) is 2. The first-order valence-corrected chi connectivity index (χ1v) is 9.89. The Kier molecular flexibility index (Phi) is 6.79. The second-order valence-electron chi connectivity index (χ2n) is 6.37. The number of aromatic nitrogens is 1. The fourth-order valence-electron chi connectivity index (χ4n) is 3.02. The Morgan fingerprint density at radius 3 is 2.53 bits per heavy atom. The Balaban J connectivity index is 1.68. The van der Waals surface area contributed by atoms with E-state index in [-0.39, 0.29) is 18.1 Å². The predicted octanol–water partition coefficient (Wildman–Crippen LogP) is 5.20. The molecule has 30 heavy (non-hydrogen) atoms. The fourth-order valence-corrected chi connectivity index (χ4v) is 3.64. The lowest BCUT2D eigenvalue weighted by atomic mass is 10.1. The van der Waals surface area contributed by atoms with Crippen molar-refractivity contribution in [2.45, 2.75) is 20.5 Å². The fraction of sp³-hybridized carbons (Fsp3) is 0.182. The number of halogens is 2. The zero-order valence-corrected chi connectivity index (χ0v) is 17.1. The number of esters is 1. The summed E-state index contributed by atoms with van der Waals surface area (Å²) in [6, 6.07) is 11.6. The van der Waals surface area contributed by atoms with E-state index in [1.165, 1.54) is 29.5 Å². The van der Waals surface area contributed by atoms with Crippen LogP contribution in [0, 0.1) is 13.8 Å². The quantitative estimate of drug-likeness (QED) is 0.280. The molecule has 0 radical (unpaired) electrons. The number of carbonyl (C=O) groups excluding carboxylic acids is 2. The van der Waals surface area contributed by atoms with Crippen molar-refractivity contribution in [1.29, 1.82) is 0 Å². The summed E-state index contributed by atoms with van der Waals surface area (Å²) in [5.74, 6) is -0.875. The number of alkyl halides is 2. The molecule has 0 spiro atoms. The molecule has 2 heterocycles. The SMILES string of the molecule is Cc1cc(C(=O)COC(=O)/C=C/c2cccs2)c(C)n1-c1ccc(OC(F)F)cc1. The molecule has 0 N–H and O–H groups in total. The van der Waals surface area contributed by atoms with Gasteiger partial charge in [-0.15, -0.1) is 11.3 Å². The molecular weight excluding hydrogens is 412 g/mol. The van der Waals surface area contributed by atoms with Crippen LogP contribution in [0.2, 0.25) is 0 Å². The minimum Gasteiger partial charge on any atom is -0.454 e. The normalized spacial score (nSPS) is 11.2. The highest BCUT2D eigenvalue weighted by Gasteiger charge is 2.18. The molecule has 0 atom stereocenters. The number of benzene rings is 1. The number of carbonyl (C=O) groups is 2. The molecule has 0 aliphatic heterocycles. The second-order valence-corrected chi connectivity index (χ2v) is 7.35. The van der Waals surface area contributed by atoms with E-state index in [9.17, 15) is 18.4 Å². The summed E-state index contributed by atoms with van der Waals surface area (Å²) in [6.45, 7) is 0.322. The van der Waals surface area contributed by atoms with Crippen molar-refractivity contribution < 1.29 is 27.8 Å². The third kappa shape index (κ3) is 5.21. The Morgan fingerprint density at radius 2 is 1.90 bits per heavy atom. The lowest BCUT2D eigenvalue weighted by Crippen LogP contribution is -2.13. The smallest absolute Gasteiger partial charge is 0.387 e. The largest absolute Gasteiger partial charge is 0.454 e. The zero-order valence-electron chi connectivity index (χ0n) is 16.3. The van der Waals surface area contributed by atoms with Gasteiger partial charge in [0.15, 0.2) is 6.61 Å². The van der Waals surface area contributed by atoms with Crippen molar-refractivity contribution in [3.05, 3.63) is 75.7 Å². The highest BCUT2D eigenvalue weighted by molar-refractivity contribution is 7.10. The van der Waals surface area contributed by atoms with Crippen molar-refractivity contribution in [1.82, 2.24) is 4.57 Å². The topological polar surface area (TPSA) is 57.5 Å². The number of hydrogen-bond donors (Lipinski definition) is 0. The first-order chi connectivity index (χ1) is 14.3. The molecule has 3 aromatic rings. The van der Waals surface area contributed by atoms with E-state index in [2.05, 4.69) is 4.74 Å². The first-order valence-electron chi connectivity index (χ1n) is 9.01. The number of hydrogen-bond acceptors (Lipinski definition) is 5. The molecule has 0 unspecified atom stereocenters. The van der Waals surface area contributed by atoms with Crippen LogP contribution in [0.25, 0.3) is 11.8 Å². The van der Waals surface area contributed by atoms with E-state index in [1.54, 1.807) is 31.2 Å². The number of Topliss-reactive ketones (excluding diaryl/α,β-unsaturated/α-hetero) is 1. The Labute approximate surface area is 176 Å². The highest BCUT2D eigenvalue weighted by Crippen LogP contribution is 2.24. The lowest BCUT2D eigenvalue weighted by molar-refractivity contribution is -0.136. The molecular formula is C22H19F2NO4S. The Morgan fingerprint density at radius 1 is 1.17 bits per heavy atom. The third-order valence-electron chi connectivity index (χ3n) is 4.32. The number of aryl methyl sites for hydroxylation is 1. The van der Waals surface area contributed by atoms with Crippen molar-refractivity contribution >= 4 is 29.2 Å². The van der Waals surface area contributed by atoms with Gasteiger partial charge in [0.2, 0.25) is 5.78 Å². The maximum Gasteiger partial charge on any atom is 0.387 e. The second kappa shape index (κ2) is 9.49. The predicted molar refractivity (Wildman–Crippen MR) is 111 cm³/mol. The van der Waals surface area contributed by atoms with Gasteiger partial charge in [-0.25, -0.2) is 4.79 Å². The molecule has 1 aromatic carbocycles. The summed E-state index contributed by atoms with van der Waals surface area (Å²) >= 11 is 1.48. The number of thiophene rings is 1. The van der Waals surface area contributed by atoms with Crippen molar-refractivity contribution in [3.63, 3.8) is 0 Å². The van der Waals surface area contributed by atoms with E-state index >= 15 is 0 Å². The minimum atomic E-state index is -2.89. The van der Waals surface area contributed by atoms with Gasteiger partial charge in [-0.1, -0.05) is 6.07 Å². The van der Waals surface area contributed by atoms with E-state index in [0.717, 1.165) is 10.6 Å². The van der Waals surface area contributed by atoms with Crippen molar-refractivity contribution in [2.75, 3.05) is 6.61 Å². The standard InChI is InChI=1S/C22H19F2NO4S/c1-14-12-19(20(26)13-28-21(27)10-9-18-4-3-11-30-18)15(2)25(14)16-5-7-17(8-6-16)29-22(23)24/h3-12,22H,13H2,1-2H3/b10-9+. The monoisotopic (exact) mass is 431 g/mol. The van der Waals surface area contributed by atoms with Crippen LogP contribution in [0.15, 0.2) is 53.9 Å². The molecule has 3 rings (SSSR count). The van der Waals surface area contributed by atoms with Crippen LogP contribution in [-0.2, 0) is 9.53 Å². The summed E-state index contributed by atoms with van der Waals surface area (Å²) in [7, 11) is 0. The van der Waals surface area contributed by atoms with Crippen LogP contribution in [0.1, 0.15) is 26.6 Å². The lowest BCUT2D eigenvalue weighted by Gasteiger charge is -2.11. The molecule has 0 amide bonds. The van der Waals surface area contributed by atoms with Crippen LogP contribution < -0.4 is 4.74 Å². The third-order valence-corrected chi connectivity index (χ3v) is 5.16. The maximum absolute atomic E-state index is 12.6. The number of rotatable bonds is 8. The molecule has 0 saturated heterocycles. The van der Waals surface area contributed by atoms with Gasteiger partial charge in [0.1, 0.15) is 5.75 Å². The molecule has 0 fully saturated rings. The maximum atomic E-state index is 12.6. The first kappa shape index (κ1) is 21.4. The van der Waals surface area contributed by atoms with E-state index in [4.69, 9.17) is 4.74 Å². The zero-order chi connectivity index (χ0) is 21.7. The van der Waals surface area contributed by atoms with Gasteiger partial charge in [-0.05, 0) is 61.7 Å². The van der Waals surface area contributed by atoms with E-state index in [1.807, 2.05) is 29.0 Å². The Hall–Kier alpha value is -3.26. The molecule has 5 nitrogen and oxygen atoms in total. The molecule has 0 aliphatic carbocycles. The van der Waals surface area contributed by atoms with E-state index in [0.29, 0.717) is 16.9 Å². The van der Waals surface area contributed by atoms with Crippen LogP contribution in [0.3, 0.4) is 0 Å². The van der Waals surface area contributed by atoms with Gasteiger partial charge < -0.3 is 14.0 Å². The Bertz CT molecular complexity index is 1050. The van der Waals surface area contributed by atoms with Crippen LogP contribution in [0.5, 0.6) is 5.75 Å². The summed E-state index contributed by atoms with van der Waals surface area (Å²) in [5.41, 5.74) is 2.56. The van der Waals surface area contributed by atoms with Crippen molar-refractivity contribution in [2.24, 2.45) is 0 Å². The molecule has 156 valence electrons. The van der Waals surface area contributed by atoms with Crippen molar-refractivity contribution in [3.8, 4) is 11.4 Å². The average molecular weight is 431 g/mol. The molecule has 0 saturated carbocycles. The summed E-state index contributed by atoms with van der Waals surface area (Å²) < 4.78 is 35.8. The van der Waals surface area contributed by atoms with Gasteiger partial charge >= 0.3 is 12.6 Å². The highest BCUT2D eigenvalue weighted by atomic mass is 32.1. The average Bonchev–Trinajstić information content (AvgIpc) is 3.33.